The zero-order valence-electron chi connectivity index (χ0n) is 27.5. The minimum absolute atomic E-state index is 0.0240. The summed E-state index contributed by atoms with van der Waals surface area (Å²) >= 11 is 6.30. The van der Waals surface area contributed by atoms with Crippen molar-refractivity contribution in [2.45, 2.75) is 72.1 Å². The summed E-state index contributed by atoms with van der Waals surface area (Å²) in [6.07, 6.45) is 9.01. The Kier molecular flexibility index (Phi) is 13.0. The number of carbonyl (C=O) groups excluding carboxylic acids is 4. The highest BCUT2D eigenvalue weighted by Gasteiger charge is 2.37. The first kappa shape index (κ1) is 36.3. The summed E-state index contributed by atoms with van der Waals surface area (Å²) in [7, 11) is 3.32. The molecule has 1 aromatic carbocycles. The maximum absolute atomic E-state index is 13.5. The topological polar surface area (TPSA) is 138 Å². The molecule has 0 bridgehead atoms. The van der Waals surface area contributed by atoms with Crippen molar-refractivity contribution >= 4 is 41.4 Å². The number of rotatable bonds is 8. The number of nitrogens with zero attached hydrogens (tertiary/aromatic N) is 2. The van der Waals surface area contributed by atoms with Gasteiger partial charge in [-0.15, -0.1) is 0 Å². The van der Waals surface area contributed by atoms with E-state index in [2.05, 4.69) is 15.7 Å². The number of aryl methyl sites for hydroxylation is 1. The van der Waals surface area contributed by atoms with Crippen LogP contribution in [0.3, 0.4) is 0 Å². The summed E-state index contributed by atoms with van der Waals surface area (Å²) in [6.45, 7) is 8.86. The molecule has 0 spiro atoms. The van der Waals surface area contributed by atoms with Gasteiger partial charge >= 0.3 is 11.9 Å². The van der Waals surface area contributed by atoms with E-state index in [0.717, 1.165) is 5.56 Å². The standard InChI is InChI=1S/C34H45ClN4O7/c1-21(2)15-29-32(42)45-27(22(3)11-12-24-18-37-39(6)19-24)9-8-10-30(40)38-26(17-23-13-14-28(44-7)25(35)16-23)31(41)36-20-34(4,5)33(43)46-29/h8,10-14,16,18-19,21-22,26-27,29H,9,15,17,20H2,1-7H3,(H,36,41)(H,38,40)/b10-8+,12-11+/t22-,26-,27+,29+/m1/s1. The van der Waals surface area contributed by atoms with Crippen molar-refractivity contribution < 1.29 is 33.4 Å². The Hall–Kier alpha value is -4.12. The number of hydrogen-bond acceptors (Lipinski definition) is 8. The van der Waals surface area contributed by atoms with E-state index in [1.165, 1.54) is 13.2 Å². The van der Waals surface area contributed by atoms with Crippen LogP contribution >= 0.6 is 11.6 Å². The van der Waals surface area contributed by atoms with E-state index in [4.69, 9.17) is 25.8 Å². The van der Waals surface area contributed by atoms with Gasteiger partial charge in [0, 0.05) is 44.1 Å². The molecule has 2 amide bonds. The van der Waals surface area contributed by atoms with E-state index < -0.39 is 47.4 Å². The van der Waals surface area contributed by atoms with Gasteiger partial charge in [-0.3, -0.25) is 19.1 Å². The number of hydrogen-bond donors (Lipinski definition) is 2. The number of esters is 2. The monoisotopic (exact) mass is 656 g/mol. The number of amides is 2. The van der Waals surface area contributed by atoms with Crippen LogP contribution in [0.4, 0.5) is 0 Å². The number of halogens is 1. The normalized spacial score (nSPS) is 22.9. The van der Waals surface area contributed by atoms with Gasteiger partial charge in [-0.25, -0.2) is 4.79 Å². The van der Waals surface area contributed by atoms with Crippen molar-refractivity contribution in [3.05, 3.63) is 65.0 Å². The summed E-state index contributed by atoms with van der Waals surface area (Å²) in [5.41, 5.74) is 0.375. The van der Waals surface area contributed by atoms with Crippen molar-refractivity contribution in [3.63, 3.8) is 0 Å². The summed E-state index contributed by atoms with van der Waals surface area (Å²) < 4.78 is 18.6. The van der Waals surface area contributed by atoms with E-state index in [0.29, 0.717) is 16.3 Å². The number of nitrogens with one attached hydrogen (secondary N) is 2. The molecule has 0 saturated carbocycles. The molecule has 12 heteroatoms. The lowest BCUT2D eigenvalue weighted by molar-refractivity contribution is -0.178. The van der Waals surface area contributed by atoms with Crippen LogP contribution in [-0.4, -0.2) is 65.4 Å². The number of aromatic nitrogens is 2. The van der Waals surface area contributed by atoms with Crippen LogP contribution in [0.5, 0.6) is 5.75 Å². The molecule has 2 heterocycles. The van der Waals surface area contributed by atoms with Crippen molar-refractivity contribution in [2.75, 3.05) is 13.7 Å². The van der Waals surface area contributed by atoms with Gasteiger partial charge in [-0.1, -0.05) is 56.7 Å². The molecule has 2 aromatic rings. The molecule has 0 aliphatic carbocycles. The smallest absolute Gasteiger partial charge is 0.347 e. The average molecular weight is 657 g/mol. The zero-order valence-corrected chi connectivity index (χ0v) is 28.3. The molecule has 1 aliphatic heterocycles. The summed E-state index contributed by atoms with van der Waals surface area (Å²) in [6, 6.07) is 4.13. The first-order valence-electron chi connectivity index (χ1n) is 15.3. The van der Waals surface area contributed by atoms with Crippen LogP contribution in [0.2, 0.25) is 5.02 Å². The number of ether oxygens (including phenoxy) is 3. The van der Waals surface area contributed by atoms with Crippen LogP contribution < -0.4 is 15.4 Å². The van der Waals surface area contributed by atoms with Crippen LogP contribution in [0.15, 0.2) is 48.8 Å². The lowest BCUT2D eigenvalue weighted by Gasteiger charge is -2.29. The Morgan fingerprint density at radius 1 is 1.17 bits per heavy atom. The number of benzene rings is 1. The molecule has 2 N–H and O–H groups in total. The molecule has 11 nitrogen and oxygen atoms in total. The molecule has 4 atom stereocenters. The predicted molar refractivity (Wildman–Crippen MR) is 175 cm³/mol. The van der Waals surface area contributed by atoms with Crippen LogP contribution in [-0.2, 0) is 42.1 Å². The molecule has 3 rings (SSSR count). The summed E-state index contributed by atoms with van der Waals surface area (Å²) in [4.78, 5) is 53.3. The molecule has 0 fully saturated rings. The second-order valence-corrected chi connectivity index (χ2v) is 13.0. The van der Waals surface area contributed by atoms with E-state index in [9.17, 15) is 19.2 Å². The lowest BCUT2D eigenvalue weighted by atomic mass is 9.93. The largest absolute Gasteiger partial charge is 0.495 e. The Morgan fingerprint density at radius 3 is 2.54 bits per heavy atom. The fourth-order valence-electron chi connectivity index (χ4n) is 4.73. The Balaban J connectivity index is 1.93. The third-order valence-corrected chi connectivity index (χ3v) is 7.85. The Bertz CT molecular complexity index is 1450. The van der Waals surface area contributed by atoms with Crippen LogP contribution in [0.1, 0.15) is 58.6 Å². The van der Waals surface area contributed by atoms with Gasteiger partial charge in [0.2, 0.25) is 11.8 Å². The quantitative estimate of drug-likeness (QED) is 0.398. The van der Waals surface area contributed by atoms with Crippen LogP contribution in [0.25, 0.3) is 6.08 Å². The minimum Gasteiger partial charge on any atom is -0.495 e. The zero-order chi connectivity index (χ0) is 34.0. The van der Waals surface area contributed by atoms with E-state index in [-0.39, 0.29) is 37.6 Å². The molecule has 0 radical (unpaired) electrons. The van der Waals surface area contributed by atoms with Crippen molar-refractivity contribution in [1.82, 2.24) is 20.4 Å². The molecule has 0 unspecified atom stereocenters. The van der Waals surface area contributed by atoms with E-state index in [1.807, 2.05) is 46.2 Å². The van der Waals surface area contributed by atoms with Gasteiger partial charge in [-0.05, 0) is 50.0 Å². The predicted octanol–water partition coefficient (Wildman–Crippen LogP) is 4.43. The third kappa shape index (κ3) is 10.8. The molecular weight excluding hydrogens is 612 g/mol. The first-order chi connectivity index (χ1) is 21.7. The average Bonchev–Trinajstić information content (AvgIpc) is 3.41. The summed E-state index contributed by atoms with van der Waals surface area (Å²) in [5, 5.41) is 10.1. The maximum atomic E-state index is 13.5. The Morgan fingerprint density at radius 2 is 1.91 bits per heavy atom. The second-order valence-electron chi connectivity index (χ2n) is 12.6. The number of cyclic esters (lactones) is 2. The highest BCUT2D eigenvalue weighted by atomic mass is 35.5. The molecule has 46 heavy (non-hydrogen) atoms. The van der Waals surface area contributed by atoms with Crippen molar-refractivity contribution in [1.29, 1.82) is 0 Å². The number of methoxy groups -OCH3 is 1. The molecule has 1 aliphatic rings. The number of carbonyl (C=O) groups is 4. The van der Waals surface area contributed by atoms with Crippen molar-refractivity contribution in [3.8, 4) is 5.75 Å². The van der Waals surface area contributed by atoms with Crippen molar-refractivity contribution in [2.24, 2.45) is 24.3 Å². The highest BCUT2D eigenvalue weighted by Crippen LogP contribution is 2.26. The molecule has 1 aromatic heterocycles. The molecular formula is C34H45ClN4O7. The van der Waals surface area contributed by atoms with Gasteiger partial charge in [0.25, 0.3) is 0 Å². The summed E-state index contributed by atoms with van der Waals surface area (Å²) in [5.74, 6) is -2.10. The van der Waals surface area contributed by atoms with Gasteiger partial charge in [0.1, 0.15) is 17.9 Å². The minimum atomic E-state index is -1.20. The second kappa shape index (κ2) is 16.4. The van der Waals surface area contributed by atoms with Gasteiger partial charge in [0.15, 0.2) is 6.10 Å². The fraction of sp³-hybridized carbons (Fsp3) is 0.500. The van der Waals surface area contributed by atoms with Gasteiger partial charge in [0.05, 0.1) is 23.7 Å². The SMILES string of the molecule is COc1ccc(C[C@H]2NC(=O)/C=C/C[C@@H]([C@H](C)/C=C/c3cnn(C)c3)OC(=O)[C@H](CC(C)C)OC(=O)C(C)(C)CNC2=O)cc1Cl. The third-order valence-electron chi connectivity index (χ3n) is 7.55. The molecule has 250 valence electrons. The Labute approximate surface area is 275 Å². The van der Waals surface area contributed by atoms with Crippen LogP contribution in [0, 0.1) is 17.3 Å². The fourth-order valence-corrected chi connectivity index (χ4v) is 5.01. The maximum Gasteiger partial charge on any atom is 0.347 e. The molecule has 0 saturated heterocycles. The lowest BCUT2D eigenvalue weighted by Crippen LogP contribution is -2.51. The van der Waals surface area contributed by atoms with Gasteiger partial charge < -0.3 is 24.8 Å². The van der Waals surface area contributed by atoms with E-state index >= 15 is 0 Å². The first-order valence-corrected chi connectivity index (χ1v) is 15.7. The van der Waals surface area contributed by atoms with E-state index in [1.54, 1.807) is 49.0 Å². The van der Waals surface area contributed by atoms with Gasteiger partial charge in [-0.2, -0.15) is 5.10 Å². The highest BCUT2D eigenvalue weighted by molar-refractivity contribution is 6.32.